The molecule has 0 aromatic heterocycles. The summed E-state index contributed by atoms with van der Waals surface area (Å²) in [6.45, 7) is 6.99. The molecule has 1 aliphatic heterocycles. The quantitative estimate of drug-likeness (QED) is 0.854. The normalized spacial score (nSPS) is 19.8. The van der Waals surface area contributed by atoms with E-state index in [-0.39, 0.29) is 12.6 Å². The summed E-state index contributed by atoms with van der Waals surface area (Å²) in [7, 11) is 0. The zero-order chi connectivity index (χ0) is 13.7. The van der Waals surface area contributed by atoms with Crippen LogP contribution in [0.1, 0.15) is 38.3 Å². The molecule has 0 aliphatic carbocycles. The number of hydrogen-bond acceptors (Lipinski definition) is 3. The Morgan fingerprint density at radius 1 is 1.21 bits per heavy atom. The molecule has 106 valence electrons. The summed E-state index contributed by atoms with van der Waals surface area (Å²) in [5.74, 6) is 0. The van der Waals surface area contributed by atoms with Gasteiger partial charge in [-0.2, -0.15) is 0 Å². The molecule has 1 unspecified atom stereocenters. The second-order valence-electron chi connectivity index (χ2n) is 5.72. The van der Waals surface area contributed by atoms with E-state index in [0.717, 1.165) is 13.1 Å². The maximum atomic E-state index is 9.58. The van der Waals surface area contributed by atoms with E-state index in [1.807, 2.05) is 18.2 Å². The second-order valence-corrected chi connectivity index (χ2v) is 5.72. The van der Waals surface area contributed by atoms with Crippen LogP contribution >= 0.6 is 0 Å². The van der Waals surface area contributed by atoms with Gasteiger partial charge in [0.1, 0.15) is 0 Å². The number of benzene rings is 1. The van der Waals surface area contributed by atoms with Crippen molar-refractivity contribution in [3.8, 4) is 0 Å². The maximum absolute atomic E-state index is 9.58. The van der Waals surface area contributed by atoms with Crippen molar-refractivity contribution in [2.45, 2.75) is 44.8 Å². The Labute approximate surface area is 116 Å². The topological polar surface area (TPSA) is 35.5 Å². The van der Waals surface area contributed by atoms with Gasteiger partial charge in [-0.15, -0.1) is 0 Å². The van der Waals surface area contributed by atoms with Gasteiger partial charge in [0.05, 0.1) is 12.6 Å². The molecule has 1 aliphatic rings. The van der Waals surface area contributed by atoms with Crippen LogP contribution in [-0.4, -0.2) is 41.8 Å². The molecule has 0 bridgehead atoms. The molecule has 0 saturated carbocycles. The Kier molecular flexibility index (Phi) is 5.37. The molecule has 1 aromatic carbocycles. The summed E-state index contributed by atoms with van der Waals surface area (Å²) in [5, 5.41) is 13.2. The molecule has 1 fully saturated rings. The van der Waals surface area contributed by atoms with Gasteiger partial charge in [0, 0.05) is 12.1 Å². The van der Waals surface area contributed by atoms with Crippen molar-refractivity contribution in [2.24, 2.45) is 0 Å². The number of aliphatic hydroxyl groups is 1. The Balaban J connectivity index is 1.87. The minimum absolute atomic E-state index is 0.0665. The summed E-state index contributed by atoms with van der Waals surface area (Å²) in [6.07, 6.45) is 2.34. The summed E-state index contributed by atoms with van der Waals surface area (Å²) in [5.41, 5.74) is 1.18. The Morgan fingerprint density at radius 2 is 1.84 bits per heavy atom. The molecule has 1 atom stereocenters. The van der Waals surface area contributed by atoms with Gasteiger partial charge < -0.3 is 15.3 Å². The number of hydrogen-bond donors (Lipinski definition) is 2. The first-order valence-corrected chi connectivity index (χ1v) is 7.36. The van der Waals surface area contributed by atoms with Crippen molar-refractivity contribution in [2.75, 3.05) is 19.7 Å². The maximum Gasteiger partial charge on any atom is 0.0626 e. The number of aliphatic hydroxyl groups excluding tert-OH is 1. The average Bonchev–Trinajstić information content (AvgIpc) is 2.46. The highest BCUT2D eigenvalue weighted by Crippen LogP contribution is 2.18. The molecule has 2 N–H and O–H groups in total. The minimum Gasteiger partial charge on any atom is -0.394 e. The largest absolute Gasteiger partial charge is 0.394 e. The third-order valence-corrected chi connectivity index (χ3v) is 4.08. The molecule has 0 radical (unpaired) electrons. The van der Waals surface area contributed by atoms with Gasteiger partial charge in [0.2, 0.25) is 0 Å². The summed E-state index contributed by atoms with van der Waals surface area (Å²) in [4.78, 5) is 2.52. The van der Waals surface area contributed by atoms with Crippen LogP contribution in [0.5, 0.6) is 0 Å². The summed E-state index contributed by atoms with van der Waals surface area (Å²) >= 11 is 0. The first kappa shape index (κ1) is 14.5. The van der Waals surface area contributed by atoms with Crippen LogP contribution in [0.4, 0.5) is 0 Å². The molecular weight excluding hydrogens is 236 g/mol. The SMILES string of the molecule is CC(C)N1CCC(NC(CO)c2ccccc2)CC1. The van der Waals surface area contributed by atoms with Gasteiger partial charge in [0.25, 0.3) is 0 Å². The predicted molar refractivity (Wildman–Crippen MR) is 79.1 cm³/mol. The average molecular weight is 262 g/mol. The van der Waals surface area contributed by atoms with Gasteiger partial charge in [-0.1, -0.05) is 30.3 Å². The zero-order valence-electron chi connectivity index (χ0n) is 12.0. The summed E-state index contributed by atoms with van der Waals surface area (Å²) in [6, 6.07) is 11.5. The van der Waals surface area contributed by atoms with Crippen molar-refractivity contribution < 1.29 is 5.11 Å². The Morgan fingerprint density at radius 3 is 2.37 bits per heavy atom. The van der Waals surface area contributed by atoms with E-state index in [1.165, 1.54) is 18.4 Å². The first-order chi connectivity index (χ1) is 9.20. The molecule has 3 heteroatoms. The van der Waals surface area contributed by atoms with Gasteiger partial charge in [-0.3, -0.25) is 0 Å². The minimum atomic E-state index is 0.0665. The zero-order valence-corrected chi connectivity index (χ0v) is 12.0. The smallest absolute Gasteiger partial charge is 0.0626 e. The van der Waals surface area contributed by atoms with Crippen LogP contribution in [0.3, 0.4) is 0 Å². The van der Waals surface area contributed by atoms with Crippen LogP contribution < -0.4 is 5.32 Å². The van der Waals surface area contributed by atoms with E-state index in [0.29, 0.717) is 12.1 Å². The van der Waals surface area contributed by atoms with Gasteiger partial charge in [-0.25, -0.2) is 0 Å². The van der Waals surface area contributed by atoms with E-state index in [2.05, 4.69) is 36.2 Å². The first-order valence-electron chi connectivity index (χ1n) is 7.36. The van der Waals surface area contributed by atoms with Crippen LogP contribution in [0.15, 0.2) is 30.3 Å². The lowest BCUT2D eigenvalue weighted by Gasteiger charge is -2.36. The highest BCUT2D eigenvalue weighted by Gasteiger charge is 2.23. The molecule has 19 heavy (non-hydrogen) atoms. The molecule has 3 nitrogen and oxygen atoms in total. The van der Waals surface area contributed by atoms with Gasteiger partial charge in [-0.05, 0) is 45.3 Å². The van der Waals surface area contributed by atoms with Gasteiger partial charge >= 0.3 is 0 Å². The summed E-state index contributed by atoms with van der Waals surface area (Å²) < 4.78 is 0. The number of nitrogens with zero attached hydrogens (tertiary/aromatic N) is 1. The molecule has 0 spiro atoms. The third kappa shape index (κ3) is 4.03. The van der Waals surface area contributed by atoms with Crippen molar-refractivity contribution in [3.05, 3.63) is 35.9 Å². The fourth-order valence-corrected chi connectivity index (χ4v) is 2.81. The van der Waals surface area contributed by atoms with Crippen molar-refractivity contribution in [1.29, 1.82) is 0 Å². The molecule has 0 amide bonds. The lowest BCUT2D eigenvalue weighted by molar-refractivity contribution is 0.146. The molecule has 1 saturated heterocycles. The van der Waals surface area contributed by atoms with E-state index in [9.17, 15) is 5.11 Å². The highest BCUT2D eigenvalue weighted by atomic mass is 16.3. The van der Waals surface area contributed by atoms with Crippen LogP contribution in [0, 0.1) is 0 Å². The molecule has 2 rings (SSSR count). The number of nitrogens with one attached hydrogen (secondary N) is 1. The van der Waals surface area contributed by atoms with E-state index >= 15 is 0 Å². The standard InChI is InChI=1S/C16H26N2O/c1-13(2)18-10-8-15(9-11-18)17-16(12-19)14-6-4-3-5-7-14/h3-7,13,15-17,19H,8-12H2,1-2H3. The van der Waals surface area contributed by atoms with Crippen LogP contribution in [0.2, 0.25) is 0 Å². The second kappa shape index (κ2) is 7.04. The van der Waals surface area contributed by atoms with Gasteiger partial charge in [0.15, 0.2) is 0 Å². The Hall–Kier alpha value is -0.900. The van der Waals surface area contributed by atoms with Crippen LogP contribution in [0.25, 0.3) is 0 Å². The van der Waals surface area contributed by atoms with Crippen molar-refractivity contribution in [3.63, 3.8) is 0 Å². The molecule has 1 heterocycles. The third-order valence-electron chi connectivity index (χ3n) is 4.08. The molecule has 1 aromatic rings. The Bertz CT molecular complexity index is 358. The number of rotatable bonds is 5. The van der Waals surface area contributed by atoms with E-state index in [1.54, 1.807) is 0 Å². The van der Waals surface area contributed by atoms with Crippen LogP contribution in [-0.2, 0) is 0 Å². The lowest BCUT2D eigenvalue weighted by Crippen LogP contribution is -2.46. The number of piperidine rings is 1. The fourth-order valence-electron chi connectivity index (χ4n) is 2.81. The molecular formula is C16H26N2O. The van der Waals surface area contributed by atoms with E-state index in [4.69, 9.17) is 0 Å². The predicted octanol–water partition coefficient (Wildman–Crippen LogP) is 2.18. The highest BCUT2D eigenvalue weighted by molar-refractivity contribution is 5.19. The van der Waals surface area contributed by atoms with E-state index < -0.39 is 0 Å². The fraction of sp³-hybridized carbons (Fsp3) is 0.625. The van der Waals surface area contributed by atoms with Crippen molar-refractivity contribution >= 4 is 0 Å². The number of likely N-dealkylation sites (tertiary alicyclic amines) is 1. The lowest BCUT2D eigenvalue weighted by atomic mass is 10.0. The van der Waals surface area contributed by atoms with Crippen molar-refractivity contribution in [1.82, 2.24) is 10.2 Å². The monoisotopic (exact) mass is 262 g/mol.